The fourth-order valence-electron chi connectivity index (χ4n) is 1.73. The molecule has 0 spiro atoms. The van der Waals surface area contributed by atoms with Gasteiger partial charge in [0, 0.05) is 10.6 Å². The Balaban J connectivity index is 2.34. The zero-order valence-electron chi connectivity index (χ0n) is 10.8. The van der Waals surface area contributed by atoms with Crippen molar-refractivity contribution in [3.05, 3.63) is 42.5 Å². The molecule has 2 aromatic carbocycles. The van der Waals surface area contributed by atoms with Gasteiger partial charge in [-0.2, -0.15) is 0 Å². The molecule has 0 saturated heterocycles. The minimum absolute atomic E-state index is 0.0803. The van der Waals surface area contributed by atoms with E-state index in [1.165, 1.54) is 6.07 Å². The van der Waals surface area contributed by atoms with Crippen molar-refractivity contribution < 1.29 is 8.42 Å². The van der Waals surface area contributed by atoms with E-state index >= 15 is 0 Å². The molecule has 0 unspecified atom stereocenters. The van der Waals surface area contributed by atoms with Crippen molar-refractivity contribution in [3.8, 4) is 0 Å². The van der Waals surface area contributed by atoms with Gasteiger partial charge in [-0.3, -0.25) is 0 Å². The van der Waals surface area contributed by atoms with Crippen LogP contribution in [-0.2, 0) is 10.0 Å². The average molecular weight is 309 g/mol. The smallest absolute Gasteiger partial charge is 0.240 e. The Hall–Kier alpha value is -1.70. The van der Waals surface area contributed by atoms with Gasteiger partial charge in [-0.05, 0) is 42.7 Å². The Morgan fingerprint density at radius 2 is 1.75 bits per heavy atom. The average Bonchev–Trinajstić information content (AvgIpc) is 2.40. The topological polar surface area (TPSA) is 98.2 Å². The number of sulfonamides is 1. The number of anilines is 3. The lowest BCUT2D eigenvalue weighted by molar-refractivity contribution is 0.598. The van der Waals surface area contributed by atoms with Crippen molar-refractivity contribution in [1.29, 1.82) is 0 Å². The first-order valence-corrected chi connectivity index (χ1v) is 8.51. The summed E-state index contributed by atoms with van der Waals surface area (Å²) in [6.07, 6.45) is 2.00. The van der Waals surface area contributed by atoms with E-state index in [4.69, 9.17) is 10.9 Å². The van der Waals surface area contributed by atoms with E-state index in [9.17, 15) is 8.42 Å². The monoisotopic (exact) mass is 309 g/mol. The number of benzene rings is 2. The SMILES string of the molecule is CSc1ccc(Nc2cccc(S(N)(=O)=O)c2N)cc1. The second-order valence-corrected chi connectivity index (χ2v) is 6.53. The summed E-state index contributed by atoms with van der Waals surface area (Å²) >= 11 is 1.64. The highest BCUT2D eigenvalue weighted by molar-refractivity contribution is 7.98. The summed E-state index contributed by atoms with van der Waals surface area (Å²) in [7, 11) is -3.83. The highest BCUT2D eigenvalue weighted by atomic mass is 32.2. The number of rotatable bonds is 4. The van der Waals surface area contributed by atoms with Gasteiger partial charge >= 0.3 is 0 Å². The van der Waals surface area contributed by atoms with Gasteiger partial charge in [0.1, 0.15) is 4.90 Å². The van der Waals surface area contributed by atoms with Crippen LogP contribution in [0.25, 0.3) is 0 Å². The summed E-state index contributed by atoms with van der Waals surface area (Å²) in [6, 6.07) is 12.4. The van der Waals surface area contributed by atoms with Crippen LogP contribution in [0.5, 0.6) is 0 Å². The van der Waals surface area contributed by atoms with E-state index in [0.717, 1.165) is 10.6 Å². The first-order valence-electron chi connectivity index (χ1n) is 5.74. The Morgan fingerprint density at radius 1 is 1.10 bits per heavy atom. The molecular formula is C13H15N3O2S2. The van der Waals surface area contributed by atoms with Crippen molar-refractivity contribution in [3.63, 3.8) is 0 Å². The lowest BCUT2D eigenvalue weighted by Crippen LogP contribution is -2.15. The summed E-state index contributed by atoms with van der Waals surface area (Å²) in [5, 5.41) is 8.20. The number of hydrogen-bond acceptors (Lipinski definition) is 5. The molecule has 0 aliphatic rings. The molecule has 106 valence electrons. The minimum atomic E-state index is -3.83. The highest BCUT2D eigenvalue weighted by Gasteiger charge is 2.14. The van der Waals surface area contributed by atoms with Crippen molar-refractivity contribution in [2.45, 2.75) is 9.79 Å². The van der Waals surface area contributed by atoms with Gasteiger partial charge in [0.05, 0.1) is 11.4 Å². The summed E-state index contributed by atoms with van der Waals surface area (Å²) < 4.78 is 22.8. The van der Waals surface area contributed by atoms with Crippen LogP contribution in [0, 0.1) is 0 Å². The molecule has 0 bridgehead atoms. The summed E-state index contributed by atoms with van der Waals surface area (Å²) in [5.41, 5.74) is 7.29. The maximum atomic E-state index is 11.4. The standard InChI is InChI=1S/C13H15N3O2S2/c1-19-10-7-5-9(6-8-10)16-11-3-2-4-12(13(11)14)20(15,17)18/h2-8,16H,14H2,1H3,(H2,15,17,18). The number of nitrogens with two attached hydrogens (primary N) is 2. The second kappa shape index (κ2) is 5.74. The third-order valence-corrected chi connectivity index (χ3v) is 4.45. The molecule has 20 heavy (non-hydrogen) atoms. The number of nitrogen functional groups attached to an aromatic ring is 1. The molecule has 2 aromatic rings. The maximum Gasteiger partial charge on any atom is 0.240 e. The van der Waals surface area contributed by atoms with Gasteiger partial charge < -0.3 is 11.1 Å². The molecule has 5 nitrogen and oxygen atoms in total. The van der Waals surface area contributed by atoms with Crippen molar-refractivity contribution >= 4 is 38.8 Å². The van der Waals surface area contributed by atoms with Crippen LogP contribution in [0.15, 0.2) is 52.3 Å². The van der Waals surface area contributed by atoms with Gasteiger partial charge in [-0.1, -0.05) is 6.07 Å². The van der Waals surface area contributed by atoms with E-state index in [-0.39, 0.29) is 10.6 Å². The Labute approximate surface area is 122 Å². The van der Waals surface area contributed by atoms with E-state index in [2.05, 4.69) is 5.32 Å². The summed E-state index contributed by atoms with van der Waals surface area (Å²) in [6.45, 7) is 0. The molecule has 0 aliphatic heterocycles. The molecule has 0 aromatic heterocycles. The third-order valence-electron chi connectivity index (χ3n) is 2.74. The predicted molar refractivity (Wildman–Crippen MR) is 83.7 cm³/mol. The van der Waals surface area contributed by atoms with Crippen LogP contribution >= 0.6 is 11.8 Å². The largest absolute Gasteiger partial charge is 0.396 e. The number of nitrogens with one attached hydrogen (secondary N) is 1. The lowest BCUT2D eigenvalue weighted by atomic mass is 10.2. The molecule has 0 heterocycles. The zero-order chi connectivity index (χ0) is 14.8. The Kier molecular flexibility index (Phi) is 4.22. The van der Waals surface area contributed by atoms with E-state index in [0.29, 0.717) is 5.69 Å². The fourth-order valence-corrected chi connectivity index (χ4v) is 2.82. The zero-order valence-corrected chi connectivity index (χ0v) is 12.5. The molecule has 0 radical (unpaired) electrons. The number of para-hydroxylation sites is 1. The second-order valence-electron chi connectivity index (χ2n) is 4.12. The Morgan fingerprint density at radius 3 is 2.30 bits per heavy atom. The van der Waals surface area contributed by atoms with Crippen LogP contribution < -0.4 is 16.2 Å². The third kappa shape index (κ3) is 3.24. The number of hydrogen-bond donors (Lipinski definition) is 3. The van der Waals surface area contributed by atoms with Gasteiger partial charge in [0.25, 0.3) is 0 Å². The summed E-state index contributed by atoms with van der Waals surface area (Å²) in [4.78, 5) is 1.06. The number of primary sulfonamides is 1. The van der Waals surface area contributed by atoms with Crippen LogP contribution in [0.1, 0.15) is 0 Å². The fraction of sp³-hybridized carbons (Fsp3) is 0.0769. The molecule has 0 amide bonds. The van der Waals surface area contributed by atoms with Crippen molar-refractivity contribution in [2.24, 2.45) is 5.14 Å². The normalized spacial score (nSPS) is 11.3. The Bertz CT molecular complexity index is 713. The van der Waals surface area contributed by atoms with Crippen LogP contribution in [0.4, 0.5) is 17.1 Å². The number of thioether (sulfide) groups is 1. The van der Waals surface area contributed by atoms with Crippen LogP contribution in [-0.4, -0.2) is 14.7 Å². The molecule has 0 fully saturated rings. The molecular weight excluding hydrogens is 294 g/mol. The first kappa shape index (κ1) is 14.7. The highest BCUT2D eigenvalue weighted by Crippen LogP contribution is 2.29. The van der Waals surface area contributed by atoms with Crippen molar-refractivity contribution in [2.75, 3.05) is 17.3 Å². The van der Waals surface area contributed by atoms with Crippen LogP contribution in [0.3, 0.4) is 0 Å². The molecule has 5 N–H and O–H groups in total. The van der Waals surface area contributed by atoms with Gasteiger partial charge in [-0.25, -0.2) is 13.6 Å². The van der Waals surface area contributed by atoms with Gasteiger partial charge in [-0.15, -0.1) is 11.8 Å². The summed E-state index contributed by atoms with van der Waals surface area (Å²) in [5.74, 6) is 0. The minimum Gasteiger partial charge on any atom is -0.396 e. The van der Waals surface area contributed by atoms with E-state index < -0.39 is 10.0 Å². The maximum absolute atomic E-state index is 11.4. The van der Waals surface area contributed by atoms with Gasteiger partial charge in [0.15, 0.2) is 0 Å². The first-order chi connectivity index (χ1) is 9.41. The van der Waals surface area contributed by atoms with E-state index in [1.807, 2.05) is 30.5 Å². The quantitative estimate of drug-likeness (QED) is 0.595. The van der Waals surface area contributed by atoms with E-state index in [1.54, 1.807) is 23.9 Å². The molecule has 7 heteroatoms. The van der Waals surface area contributed by atoms with Crippen LogP contribution in [0.2, 0.25) is 0 Å². The molecule has 2 rings (SSSR count). The van der Waals surface area contributed by atoms with Crippen molar-refractivity contribution in [1.82, 2.24) is 0 Å². The lowest BCUT2D eigenvalue weighted by Gasteiger charge is -2.12. The predicted octanol–water partition coefficient (Wildman–Crippen LogP) is 2.38. The molecule has 0 saturated carbocycles. The van der Waals surface area contributed by atoms with Gasteiger partial charge in [0.2, 0.25) is 10.0 Å². The molecule has 0 atom stereocenters. The molecule has 0 aliphatic carbocycles.